The quantitative estimate of drug-likeness (QED) is 0.496. The number of allylic oxidation sites excluding steroid dienone is 2. The number of dihydropyridines is 1. The molecular formula is C7H11N. The zero-order chi connectivity index (χ0) is 5.98. The Balaban J connectivity index is 2.58. The summed E-state index contributed by atoms with van der Waals surface area (Å²) in [4.78, 5) is 0. The van der Waals surface area contributed by atoms with Gasteiger partial charge in [0.25, 0.3) is 0 Å². The van der Waals surface area contributed by atoms with Gasteiger partial charge in [-0.2, -0.15) is 0 Å². The van der Waals surface area contributed by atoms with Crippen LogP contribution in [0.4, 0.5) is 0 Å². The van der Waals surface area contributed by atoms with Gasteiger partial charge in [0, 0.05) is 6.04 Å². The standard InChI is InChI=1S/C7H11N/c1-6-3-4-7(2)8-5-6/h3-5,7-8H,1-2H3. The fourth-order valence-corrected chi connectivity index (χ4v) is 0.663. The summed E-state index contributed by atoms with van der Waals surface area (Å²) >= 11 is 0. The first kappa shape index (κ1) is 5.42. The van der Waals surface area contributed by atoms with Crippen LogP contribution in [0.5, 0.6) is 0 Å². The number of rotatable bonds is 0. The highest BCUT2D eigenvalue weighted by molar-refractivity contribution is 5.20. The smallest absolute Gasteiger partial charge is 0.0413 e. The van der Waals surface area contributed by atoms with Crippen molar-refractivity contribution in [2.45, 2.75) is 19.9 Å². The fraction of sp³-hybridized carbons (Fsp3) is 0.429. The van der Waals surface area contributed by atoms with Gasteiger partial charge in [0.1, 0.15) is 0 Å². The third-order valence-electron chi connectivity index (χ3n) is 1.22. The largest absolute Gasteiger partial charge is 0.385 e. The van der Waals surface area contributed by atoms with E-state index in [0.717, 1.165) is 0 Å². The molecule has 1 N–H and O–H groups in total. The molecule has 0 saturated heterocycles. The van der Waals surface area contributed by atoms with E-state index in [1.165, 1.54) is 5.57 Å². The van der Waals surface area contributed by atoms with Gasteiger partial charge in [-0.3, -0.25) is 0 Å². The second-order valence-corrected chi connectivity index (χ2v) is 2.20. The SMILES string of the molecule is CC1=CNC(C)C=C1. The summed E-state index contributed by atoms with van der Waals surface area (Å²) < 4.78 is 0. The van der Waals surface area contributed by atoms with Gasteiger partial charge in [0.05, 0.1) is 0 Å². The first-order valence-electron chi connectivity index (χ1n) is 2.90. The normalized spacial score (nSPS) is 26.8. The van der Waals surface area contributed by atoms with Crippen LogP contribution >= 0.6 is 0 Å². The van der Waals surface area contributed by atoms with Crippen molar-refractivity contribution in [1.29, 1.82) is 0 Å². The van der Waals surface area contributed by atoms with Crippen LogP contribution in [0.2, 0.25) is 0 Å². The van der Waals surface area contributed by atoms with Crippen LogP contribution < -0.4 is 5.32 Å². The Morgan fingerprint density at radius 3 is 2.75 bits per heavy atom. The summed E-state index contributed by atoms with van der Waals surface area (Å²) in [5.41, 5.74) is 1.29. The molecule has 1 nitrogen and oxygen atoms in total. The van der Waals surface area contributed by atoms with E-state index in [-0.39, 0.29) is 0 Å². The number of nitrogens with one attached hydrogen (secondary N) is 1. The predicted molar refractivity (Wildman–Crippen MR) is 35.5 cm³/mol. The third-order valence-corrected chi connectivity index (χ3v) is 1.22. The average Bonchev–Trinajstić information content (AvgIpc) is 1.77. The van der Waals surface area contributed by atoms with Crippen molar-refractivity contribution in [1.82, 2.24) is 5.32 Å². The van der Waals surface area contributed by atoms with Crippen LogP contribution in [0, 0.1) is 0 Å². The van der Waals surface area contributed by atoms with Crippen molar-refractivity contribution in [3.8, 4) is 0 Å². The lowest BCUT2D eigenvalue weighted by Gasteiger charge is -2.10. The van der Waals surface area contributed by atoms with E-state index in [0.29, 0.717) is 6.04 Å². The summed E-state index contributed by atoms with van der Waals surface area (Å²) in [6.45, 7) is 4.20. The van der Waals surface area contributed by atoms with E-state index in [2.05, 4.69) is 31.3 Å². The van der Waals surface area contributed by atoms with Gasteiger partial charge in [-0.1, -0.05) is 12.2 Å². The van der Waals surface area contributed by atoms with Crippen LogP contribution in [0.15, 0.2) is 23.9 Å². The first-order valence-corrected chi connectivity index (χ1v) is 2.90. The fourth-order valence-electron chi connectivity index (χ4n) is 0.663. The van der Waals surface area contributed by atoms with Crippen molar-refractivity contribution in [2.24, 2.45) is 0 Å². The highest BCUT2D eigenvalue weighted by Crippen LogP contribution is 2.00. The molecule has 0 aromatic heterocycles. The number of hydrogen-bond acceptors (Lipinski definition) is 1. The molecule has 1 aliphatic rings. The van der Waals surface area contributed by atoms with Gasteiger partial charge in [-0.15, -0.1) is 0 Å². The minimum atomic E-state index is 0.513. The third kappa shape index (κ3) is 1.12. The molecule has 1 unspecified atom stereocenters. The van der Waals surface area contributed by atoms with Crippen LogP contribution in [-0.4, -0.2) is 6.04 Å². The topological polar surface area (TPSA) is 12.0 Å². The first-order chi connectivity index (χ1) is 3.79. The summed E-state index contributed by atoms with van der Waals surface area (Å²) in [6.07, 6.45) is 6.31. The molecule has 1 atom stereocenters. The van der Waals surface area contributed by atoms with Gasteiger partial charge < -0.3 is 5.32 Å². The maximum absolute atomic E-state index is 3.18. The zero-order valence-corrected chi connectivity index (χ0v) is 5.31. The van der Waals surface area contributed by atoms with Crippen LogP contribution in [-0.2, 0) is 0 Å². The van der Waals surface area contributed by atoms with E-state index in [9.17, 15) is 0 Å². The molecular weight excluding hydrogens is 98.1 g/mol. The minimum absolute atomic E-state index is 0.513. The Bertz CT molecular complexity index is 133. The lowest BCUT2D eigenvalue weighted by molar-refractivity contribution is 0.753. The van der Waals surface area contributed by atoms with Gasteiger partial charge in [0.2, 0.25) is 0 Å². The second-order valence-electron chi connectivity index (χ2n) is 2.20. The van der Waals surface area contributed by atoms with Crippen molar-refractivity contribution >= 4 is 0 Å². The molecule has 1 rings (SSSR count). The van der Waals surface area contributed by atoms with E-state index in [1.807, 2.05) is 6.20 Å². The van der Waals surface area contributed by atoms with Crippen molar-refractivity contribution in [2.75, 3.05) is 0 Å². The lowest BCUT2D eigenvalue weighted by atomic mass is 10.2. The van der Waals surface area contributed by atoms with Gasteiger partial charge in [-0.05, 0) is 25.6 Å². The Kier molecular flexibility index (Phi) is 1.38. The molecule has 0 bridgehead atoms. The van der Waals surface area contributed by atoms with Gasteiger partial charge >= 0.3 is 0 Å². The minimum Gasteiger partial charge on any atom is -0.385 e. The molecule has 1 heteroatoms. The molecule has 0 saturated carbocycles. The zero-order valence-electron chi connectivity index (χ0n) is 5.31. The summed E-state index contributed by atoms with van der Waals surface area (Å²) in [7, 11) is 0. The molecule has 8 heavy (non-hydrogen) atoms. The Morgan fingerprint density at radius 1 is 1.62 bits per heavy atom. The molecule has 0 aromatic carbocycles. The van der Waals surface area contributed by atoms with Gasteiger partial charge in [0.15, 0.2) is 0 Å². The van der Waals surface area contributed by atoms with Crippen LogP contribution in [0.25, 0.3) is 0 Å². The molecule has 0 aromatic rings. The van der Waals surface area contributed by atoms with Crippen molar-refractivity contribution in [3.63, 3.8) is 0 Å². The molecule has 0 aliphatic carbocycles. The lowest BCUT2D eigenvalue weighted by Crippen LogP contribution is -2.20. The average molecular weight is 109 g/mol. The van der Waals surface area contributed by atoms with E-state index >= 15 is 0 Å². The van der Waals surface area contributed by atoms with Crippen molar-refractivity contribution < 1.29 is 0 Å². The molecule has 0 radical (unpaired) electrons. The highest BCUT2D eigenvalue weighted by atomic mass is 14.9. The monoisotopic (exact) mass is 109 g/mol. The molecule has 0 amide bonds. The molecule has 1 aliphatic heterocycles. The second kappa shape index (κ2) is 2.03. The molecule has 0 fully saturated rings. The number of hydrogen-bond donors (Lipinski definition) is 1. The van der Waals surface area contributed by atoms with E-state index in [4.69, 9.17) is 0 Å². The predicted octanol–water partition coefficient (Wildman–Crippen LogP) is 1.44. The summed E-state index contributed by atoms with van der Waals surface area (Å²) in [5, 5.41) is 3.18. The summed E-state index contributed by atoms with van der Waals surface area (Å²) in [6, 6.07) is 0.513. The Morgan fingerprint density at radius 2 is 2.38 bits per heavy atom. The Hall–Kier alpha value is -0.720. The van der Waals surface area contributed by atoms with Gasteiger partial charge in [-0.25, -0.2) is 0 Å². The van der Waals surface area contributed by atoms with Crippen LogP contribution in [0.1, 0.15) is 13.8 Å². The van der Waals surface area contributed by atoms with Crippen molar-refractivity contribution in [3.05, 3.63) is 23.9 Å². The molecule has 0 spiro atoms. The molecule has 44 valence electrons. The summed E-state index contributed by atoms with van der Waals surface area (Å²) in [5.74, 6) is 0. The maximum Gasteiger partial charge on any atom is 0.0413 e. The Labute approximate surface area is 50.1 Å². The highest BCUT2D eigenvalue weighted by Gasteiger charge is 1.95. The van der Waals surface area contributed by atoms with E-state index in [1.54, 1.807) is 0 Å². The maximum atomic E-state index is 3.18. The van der Waals surface area contributed by atoms with E-state index < -0.39 is 0 Å². The van der Waals surface area contributed by atoms with Crippen LogP contribution in [0.3, 0.4) is 0 Å². The molecule has 1 heterocycles.